The normalized spacial score (nSPS) is 23.2. The molecule has 6 nitrogen and oxygen atoms in total. The van der Waals surface area contributed by atoms with Crippen LogP contribution in [0.5, 0.6) is 0 Å². The minimum absolute atomic E-state index is 0.107. The number of hydrogen-bond donors (Lipinski definition) is 3. The highest BCUT2D eigenvalue weighted by atomic mass is 16.4. The van der Waals surface area contributed by atoms with Crippen molar-refractivity contribution in [3.63, 3.8) is 0 Å². The van der Waals surface area contributed by atoms with Crippen molar-refractivity contribution < 1.29 is 19.8 Å². The number of amides is 1. The molecule has 1 aromatic heterocycles. The Morgan fingerprint density at radius 1 is 1.37 bits per heavy atom. The topological polar surface area (TPSA) is 93.6 Å². The van der Waals surface area contributed by atoms with Crippen LogP contribution in [0.25, 0.3) is 10.9 Å². The predicted molar refractivity (Wildman–Crippen MR) is 67.9 cm³/mol. The average Bonchev–Trinajstić information content (AvgIpc) is 2.95. The number of carboxylic acid groups (broad SMARTS) is 1. The number of nitrogens with one attached hydrogen (secondary N) is 1. The molecule has 0 saturated carbocycles. The van der Waals surface area contributed by atoms with Gasteiger partial charge in [0.1, 0.15) is 0 Å². The molecule has 0 radical (unpaired) electrons. The zero-order chi connectivity index (χ0) is 13.6. The number of carbonyl (C=O) groups is 2. The number of carbonyl (C=O) groups excluding carboxylic acids is 1. The smallest absolute Gasteiger partial charge is 0.345 e. The molecule has 1 aliphatic rings. The fraction of sp³-hybridized carbons (Fsp3) is 0.231. The number of benzene rings is 1. The number of carboxylic acids is 1. The summed E-state index contributed by atoms with van der Waals surface area (Å²) in [5, 5.41) is 19.8. The molecule has 2 heterocycles. The maximum absolute atomic E-state index is 12.0. The zero-order valence-electron chi connectivity index (χ0n) is 9.96. The molecule has 3 N–H and O–H groups in total. The van der Waals surface area contributed by atoms with Crippen molar-refractivity contribution in [2.45, 2.75) is 12.0 Å². The Labute approximate surface area is 108 Å². The van der Waals surface area contributed by atoms with Gasteiger partial charge < -0.3 is 20.1 Å². The zero-order valence-corrected chi connectivity index (χ0v) is 9.96. The van der Waals surface area contributed by atoms with Gasteiger partial charge in [0.05, 0.1) is 0 Å². The third kappa shape index (κ3) is 1.61. The second-order valence-electron chi connectivity index (χ2n) is 4.62. The molecule has 0 aliphatic carbocycles. The van der Waals surface area contributed by atoms with Crippen LogP contribution in [0.3, 0.4) is 0 Å². The van der Waals surface area contributed by atoms with Gasteiger partial charge in [-0.1, -0.05) is 6.07 Å². The van der Waals surface area contributed by atoms with Crippen molar-refractivity contribution in [3.8, 4) is 0 Å². The fourth-order valence-corrected chi connectivity index (χ4v) is 2.35. The van der Waals surface area contributed by atoms with Crippen molar-refractivity contribution in [3.05, 3.63) is 30.5 Å². The first-order valence-electron chi connectivity index (χ1n) is 5.87. The Morgan fingerprint density at radius 2 is 2.16 bits per heavy atom. The lowest BCUT2D eigenvalue weighted by atomic mass is 10.0. The minimum atomic E-state index is -2.30. The summed E-state index contributed by atoms with van der Waals surface area (Å²) in [4.78, 5) is 27.3. The van der Waals surface area contributed by atoms with Crippen molar-refractivity contribution in [1.82, 2.24) is 4.98 Å². The number of aromatic nitrogens is 1. The SMILES string of the molecule is O=C(O)[C@@]1(O)CCN(c2ccc3cc[nH]c3c2)C1=O. The Bertz CT molecular complexity index is 678. The molecule has 0 spiro atoms. The first kappa shape index (κ1) is 11.7. The van der Waals surface area contributed by atoms with Gasteiger partial charge >= 0.3 is 5.97 Å². The minimum Gasteiger partial charge on any atom is -0.479 e. The van der Waals surface area contributed by atoms with Gasteiger partial charge in [0.2, 0.25) is 5.60 Å². The third-order valence-electron chi connectivity index (χ3n) is 3.50. The van der Waals surface area contributed by atoms with E-state index < -0.39 is 17.5 Å². The molecule has 1 atom stereocenters. The van der Waals surface area contributed by atoms with Gasteiger partial charge in [0.15, 0.2) is 0 Å². The van der Waals surface area contributed by atoms with E-state index in [0.29, 0.717) is 5.69 Å². The lowest BCUT2D eigenvalue weighted by molar-refractivity contribution is -0.162. The molecule has 6 heteroatoms. The first-order valence-corrected chi connectivity index (χ1v) is 5.87. The molecule has 2 aromatic rings. The van der Waals surface area contributed by atoms with Gasteiger partial charge in [-0.15, -0.1) is 0 Å². The average molecular weight is 260 g/mol. The summed E-state index contributed by atoms with van der Waals surface area (Å²) in [5.41, 5.74) is -0.863. The summed E-state index contributed by atoms with van der Waals surface area (Å²) in [6.07, 6.45) is 1.68. The van der Waals surface area contributed by atoms with Crippen LogP contribution >= 0.6 is 0 Å². The van der Waals surface area contributed by atoms with Gasteiger partial charge in [-0.05, 0) is 23.6 Å². The van der Waals surface area contributed by atoms with E-state index in [9.17, 15) is 14.7 Å². The van der Waals surface area contributed by atoms with E-state index in [1.807, 2.05) is 12.1 Å². The molecule has 1 aromatic carbocycles. The van der Waals surface area contributed by atoms with Crippen molar-refractivity contribution in [2.75, 3.05) is 11.4 Å². The number of aromatic amines is 1. The number of aliphatic carboxylic acids is 1. The van der Waals surface area contributed by atoms with Crippen LogP contribution in [0.15, 0.2) is 30.5 Å². The van der Waals surface area contributed by atoms with E-state index in [2.05, 4.69) is 4.98 Å². The number of aliphatic hydroxyl groups is 1. The van der Waals surface area contributed by atoms with E-state index in [1.54, 1.807) is 18.3 Å². The number of hydrogen-bond acceptors (Lipinski definition) is 3. The van der Waals surface area contributed by atoms with Crippen LogP contribution in [-0.4, -0.2) is 39.2 Å². The van der Waals surface area contributed by atoms with Gasteiger partial charge in [-0.25, -0.2) is 4.79 Å². The quantitative estimate of drug-likeness (QED) is 0.693. The van der Waals surface area contributed by atoms with Crippen molar-refractivity contribution in [2.24, 2.45) is 0 Å². The molecule has 98 valence electrons. The number of rotatable bonds is 2. The van der Waals surface area contributed by atoms with Gasteiger partial charge in [-0.3, -0.25) is 4.79 Å². The van der Waals surface area contributed by atoms with Gasteiger partial charge in [0, 0.05) is 30.4 Å². The molecule has 0 bridgehead atoms. The second kappa shape index (κ2) is 3.83. The van der Waals surface area contributed by atoms with Gasteiger partial charge in [0.25, 0.3) is 5.91 Å². The lowest BCUT2D eigenvalue weighted by Crippen LogP contribution is -2.46. The summed E-state index contributed by atoms with van der Waals surface area (Å²) >= 11 is 0. The Kier molecular flexibility index (Phi) is 2.36. The molecule has 19 heavy (non-hydrogen) atoms. The Morgan fingerprint density at radius 3 is 2.84 bits per heavy atom. The first-order chi connectivity index (χ1) is 9.02. The summed E-state index contributed by atoms with van der Waals surface area (Å²) in [5.74, 6) is -2.29. The van der Waals surface area contributed by atoms with E-state index in [4.69, 9.17) is 5.11 Å². The van der Waals surface area contributed by atoms with E-state index in [-0.39, 0.29) is 13.0 Å². The number of H-pyrrole nitrogens is 1. The maximum atomic E-state index is 12.0. The predicted octanol–water partition coefficient (Wildman–Crippen LogP) is 0.720. The molecule has 1 fully saturated rings. The highest BCUT2D eigenvalue weighted by Crippen LogP contribution is 2.30. The largest absolute Gasteiger partial charge is 0.479 e. The molecular formula is C13H12N2O4. The van der Waals surface area contributed by atoms with Crippen molar-refractivity contribution >= 4 is 28.5 Å². The van der Waals surface area contributed by atoms with E-state index >= 15 is 0 Å². The van der Waals surface area contributed by atoms with Crippen LogP contribution in [0.2, 0.25) is 0 Å². The molecular weight excluding hydrogens is 248 g/mol. The van der Waals surface area contributed by atoms with Crippen LogP contribution in [0.4, 0.5) is 5.69 Å². The number of fused-ring (bicyclic) bond motifs is 1. The summed E-state index contributed by atoms with van der Waals surface area (Å²) in [6, 6.07) is 7.24. The third-order valence-corrected chi connectivity index (χ3v) is 3.50. The molecule has 3 rings (SSSR count). The van der Waals surface area contributed by atoms with Crippen LogP contribution in [0, 0.1) is 0 Å². The highest BCUT2D eigenvalue weighted by Gasteiger charge is 2.52. The maximum Gasteiger partial charge on any atom is 0.345 e. The highest BCUT2D eigenvalue weighted by molar-refractivity contribution is 6.14. The van der Waals surface area contributed by atoms with Crippen LogP contribution in [-0.2, 0) is 9.59 Å². The Balaban J connectivity index is 1.99. The van der Waals surface area contributed by atoms with Gasteiger partial charge in [-0.2, -0.15) is 0 Å². The number of nitrogens with zero attached hydrogens (tertiary/aromatic N) is 1. The summed E-state index contributed by atoms with van der Waals surface area (Å²) in [6.45, 7) is 0.188. The number of anilines is 1. The molecule has 0 unspecified atom stereocenters. The molecule has 1 aliphatic heterocycles. The van der Waals surface area contributed by atoms with Crippen LogP contribution in [0.1, 0.15) is 6.42 Å². The van der Waals surface area contributed by atoms with E-state index in [1.165, 1.54) is 4.90 Å². The monoisotopic (exact) mass is 260 g/mol. The van der Waals surface area contributed by atoms with E-state index in [0.717, 1.165) is 10.9 Å². The molecule has 1 saturated heterocycles. The lowest BCUT2D eigenvalue weighted by Gasteiger charge is -2.19. The second-order valence-corrected chi connectivity index (χ2v) is 4.62. The van der Waals surface area contributed by atoms with Crippen LogP contribution < -0.4 is 4.90 Å². The van der Waals surface area contributed by atoms with Crippen molar-refractivity contribution in [1.29, 1.82) is 0 Å². The fourth-order valence-electron chi connectivity index (χ4n) is 2.35. The standard InChI is InChI=1S/C13H12N2O4/c16-11-13(19,12(17)18)4-6-15(11)9-2-1-8-3-5-14-10(8)7-9/h1-3,5,7,14,19H,4,6H2,(H,17,18)/t13-/m1/s1. The molecule has 1 amide bonds. The summed E-state index contributed by atoms with van der Waals surface area (Å²) in [7, 11) is 0. The Hall–Kier alpha value is -2.34. The summed E-state index contributed by atoms with van der Waals surface area (Å²) < 4.78 is 0.